The van der Waals surface area contributed by atoms with E-state index in [9.17, 15) is 19.8 Å². The van der Waals surface area contributed by atoms with Crippen LogP contribution in [-0.2, 0) is 6.54 Å². The van der Waals surface area contributed by atoms with Crippen LogP contribution in [0.25, 0.3) is 0 Å². The van der Waals surface area contributed by atoms with Crippen LogP contribution in [0.15, 0.2) is 63.2 Å². The first-order valence-electron chi connectivity index (χ1n) is 9.27. The number of hydrogen-bond donors (Lipinski definition) is 4. The lowest BCUT2D eigenvalue weighted by Crippen LogP contribution is -2.34. The van der Waals surface area contributed by atoms with Crippen molar-refractivity contribution in [2.75, 3.05) is 7.11 Å². The van der Waals surface area contributed by atoms with Gasteiger partial charge >= 0.3 is 5.69 Å². The summed E-state index contributed by atoms with van der Waals surface area (Å²) in [6.07, 6.45) is 0.284. The van der Waals surface area contributed by atoms with Crippen LogP contribution in [0.4, 0.5) is 0 Å². The molecule has 1 aliphatic rings. The maximum absolute atomic E-state index is 12.4. The molecule has 0 saturated carbocycles. The summed E-state index contributed by atoms with van der Waals surface area (Å²) in [5.41, 5.74) is 3.29. The van der Waals surface area contributed by atoms with Crippen molar-refractivity contribution >= 4 is 5.71 Å². The van der Waals surface area contributed by atoms with Crippen molar-refractivity contribution < 1.29 is 14.9 Å². The van der Waals surface area contributed by atoms with Gasteiger partial charge in [-0.3, -0.25) is 14.3 Å². The van der Waals surface area contributed by atoms with Gasteiger partial charge < -0.3 is 20.4 Å². The molecule has 0 amide bonds. The van der Waals surface area contributed by atoms with Crippen molar-refractivity contribution in [2.45, 2.75) is 19.0 Å². The average molecular weight is 408 g/mol. The van der Waals surface area contributed by atoms with Gasteiger partial charge in [-0.05, 0) is 23.3 Å². The minimum atomic E-state index is -0.708. The summed E-state index contributed by atoms with van der Waals surface area (Å²) in [5, 5.41) is 24.9. The van der Waals surface area contributed by atoms with Gasteiger partial charge in [0.05, 0.1) is 25.4 Å². The molecular formula is C21H20N4O5. The first-order valence-corrected chi connectivity index (χ1v) is 9.27. The Morgan fingerprint density at radius 3 is 2.63 bits per heavy atom. The van der Waals surface area contributed by atoms with Gasteiger partial charge in [0.25, 0.3) is 5.56 Å². The molecule has 0 aliphatic carbocycles. The lowest BCUT2D eigenvalue weighted by Gasteiger charge is -2.13. The Morgan fingerprint density at radius 1 is 1.17 bits per heavy atom. The molecule has 0 unspecified atom stereocenters. The number of benzene rings is 2. The smallest absolute Gasteiger partial charge is 0.331 e. The number of aromatic amines is 1. The molecule has 1 atom stereocenters. The first-order chi connectivity index (χ1) is 14.5. The molecule has 1 aliphatic heterocycles. The van der Waals surface area contributed by atoms with Crippen LogP contribution in [0.1, 0.15) is 29.2 Å². The highest BCUT2D eigenvalue weighted by atomic mass is 16.5. The van der Waals surface area contributed by atoms with E-state index in [-0.39, 0.29) is 30.3 Å². The second-order valence-corrected chi connectivity index (χ2v) is 6.91. The summed E-state index contributed by atoms with van der Waals surface area (Å²) in [5.74, 6) is -0.103. The summed E-state index contributed by atoms with van der Waals surface area (Å²) < 4.78 is 6.15. The maximum atomic E-state index is 12.4. The van der Waals surface area contributed by atoms with E-state index in [0.717, 1.165) is 15.7 Å². The highest BCUT2D eigenvalue weighted by Crippen LogP contribution is 2.32. The molecule has 0 saturated heterocycles. The van der Waals surface area contributed by atoms with Gasteiger partial charge in [0, 0.05) is 6.42 Å². The number of aromatic nitrogens is 2. The Kier molecular flexibility index (Phi) is 5.01. The zero-order valence-corrected chi connectivity index (χ0v) is 16.1. The number of rotatable bonds is 5. The number of hydrogen-bond acceptors (Lipinski definition) is 7. The van der Waals surface area contributed by atoms with E-state index in [4.69, 9.17) is 4.74 Å². The lowest BCUT2D eigenvalue weighted by atomic mass is 9.99. The number of hydrazone groups is 1. The molecule has 9 heteroatoms. The molecule has 3 aromatic rings. The fraction of sp³-hybridized carbons (Fsp3) is 0.190. The Morgan fingerprint density at radius 2 is 1.93 bits per heavy atom. The third-order valence-corrected chi connectivity index (χ3v) is 5.00. The van der Waals surface area contributed by atoms with Gasteiger partial charge in [0.2, 0.25) is 5.88 Å². The van der Waals surface area contributed by atoms with E-state index in [1.807, 2.05) is 30.3 Å². The molecule has 2 heterocycles. The molecule has 4 N–H and O–H groups in total. The largest absolute Gasteiger partial charge is 0.504 e. The van der Waals surface area contributed by atoms with Crippen LogP contribution in [-0.4, -0.2) is 32.6 Å². The molecule has 4 rings (SSSR count). The van der Waals surface area contributed by atoms with E-state index >= 15 is 0 Å². The molecule has 2 aromatic carbocycles. The van der Waals surface area contributed by atoms with Crippen LogP contribution in [0.5, 0.6) is 17.4 Å². The minimum absolute atomic E-state index is 0.0117. The summed E-state index contributed by atoms with van der Waals surface area (Å²) in [4.78, 5) is 27.0. The van der Waals surface area contributed by atoms with Crippen molar-refractivity contribution in [2.24, 2.45) is 5.10 Å². The Bertz CT molecular complexity index is 1230. The Balaban J connectivity index is 1.65. The molecule has 0 fully saturated rings. The van der Waals surface area contributed by atoms with E-state index in [1.54, 1.807) is 18.2 Å². The standard InChI is InChI=1S/C21H20N4O5/c1-30-17-8-7-13(9-16(17)26)14-10-15(24-23-14)18-19(27)22-21(29)25(20(18)28)11-12-5-3-2-4-6-12/h2-9,14,23,26,28H,10-11H2,1H3,(H,22,27,29)/t14-/m0/s1. The van der Waals surface area contributed by atoms with E-state index in [1.165, 1.54) is 7.11 Å². The Hall–Kier alpha value is -4.01. The van der Waals surface area contributed by atoms with E-state index in [2.05, 4.69) is 15.5 Å². The highest BCUT2D eigenvalue weighted by Gasteiger charge is 2.27. The number of H-pyrrole nitrogens is 1. The number of nitrogens with one attached hydrogen (secondary N) is 2. The van der Waals surface area contributed by atoms with Gasteiger partial charge in [-0.15, -0.1) is 0 Å². The Labute approximate surface area is 170 Å². The maximum Gasteiger partial charge on any atom is 0.331 e. The molecule has 0 bridgehead atoms. The fourth-order valence-electron chi connectivity index (χ4n) is 3.45. The van der Waals surface area contributed by atoms with Gasteiger partial charge in [-0.25, -0.2) is 4.79 Å². The monoisotopic (exact) mass is 408 g/mol. The first kappa shape index (κ1) is 19.3. The molecule has 1 aromatic heterocycles. The lowest BCUT2D eigenvalue weighted by molar-refractivity contribution is 0.372. The van der Waals surface area contributed by atoms with Crippen LogP contribution in [0.3, 0.4) is 0 Å². The summed E-state index contributed by atoms with van der Waals surface area (Å²) >= 11 is 0. The number of methoxy groups -OCH3 is 1. The topological polar surface area (TPSA) is 129 Å². The van der Waals surface area contributed by atoms with E-state index < -0.39 is 17.1 Å². The molecule has 154 valence electrons. The minimum Gasteiger partial charge on any atom is -0.504 e. The second kappa shape index (κ2) is 7.78. The third kappa shape index (κ3) is 3.52. The zero-order valence-electron chi connectivity index (χ0n) is 16.1. The predicted molar refractivity (Wildman–Crippen MR) is 110 cm³/mol. The SMILES string of the molecule is COc1ccc([C@@H]2CC(c3c(O)n(Cc4ccccc4)c(=O)[nH]c3=O)=NN2)cc1O. The predicted octanol–water partition coefficient (Wildman–Crippen LogP) is 1.44. The number of phenols is 1. The van der Waals surface area contributed by atoms with Crippen molar-refractivity contribution in [3.8, 4) is 17.4 Å². The van der Waals surface area contributed by atoms with Crippen LogP contribution >= 0.6 is 0 Å². The van der Waals surface area contributed by atoms with Crippen LogP contribution in [0.2, 0.25) is 0 Å². The molecule has 0 radical (unpaired) electrons. The number of phenolic OH excluding ortho intramolecular Hbond substituents is 1. The molecule has 30 heavy (non-hydrogen) atoms. The van der Waals surface area contributed by atoms with Crippen molar-refractivity contribution in [1.29, 1.82) is 0 Å². The summed E-state index contributed by atoms with van der Waals surface area (Å²) in [7, 11) is 1.46. The van der Waals surface area contributed by atoms with E-state index in [0.29, 0.717) is 11.5 Å². The molecule has 0 spiro atoms. The summed E-state index contributed by atoms with van der Waals surface area (Å²) in [6, 6.07) is 13.8. The normalized spacial score (nSPS) is 15.5. The number of nitrogens with zero attached hydrogens (tertiary/aromatic N) is 2. The highest BCUT2D eigenvalue weighted by molar-refractivity contribution is 6.03. The third-order valence-electron chi connectivity index (χ3n) is 5.00. The second-order valence-electron chi connectivity index (χ2n) is 6.91. The quantitative estimate of drug-likeness (QED) is 0.506. The van der Waals surface area contributed by atoms with Gasteiger partial charge in [-0.1, -0.05) is 36.4 Å². The van der Waals surface area contributed by atoms with Gasteiger partial charge in [0.15, 0.2) is 11.5 Å². The number of ether oxygens (including phenoxy) is 1. The van der Waals surface area contributed by atoms with Gasteiger partial charge in [-0.2, -0.15) is 5.10 Å². The molecular weight excluding hydrogens is 388 g/mol. The number of aromatic hydroxyl groups is 2. The summed E-state index contributed by atoms with van der Waals surface area (Å²) in [6.45, 7) is 0.103. The van der Waals surface area contributed by atoms with Crippen molar-refractivity contribution in [3.63, 3.8) is 0 Å². The zero-order chi connectivity index (χ0) is 21.3. The van der Waals surface area contributed by atoms with Crippen LogP contribution in [0, 0.1) is 0 Å². The van der Waals surface area contributed by atoms with Gasteiger partial charge in [0.1, 0.15) is 5.56 Å². The molecule has 9 nitrogen and oxygen atoms in total. The van der Waals surface area contributed by atoms with Crippen molar-refractivity contribution in [1.82, 2.24) is 15.0 Å². The fourth-order valence-corrected chi connectivity index (χ4v) is 3.45. The van der Waals surface area contributed by atoms with Crippen molar-refractivity contribution in [3.05, 3.63) is 86.1 Å². The van der Waals surface area contributed by atoms with Crippen LogP contribution < -0.4 is 21.4 Å². The average Bonchev–Trinajstić information content (AvgIpc) is 3.21.